The van der Waals surface area contributed by atoms with Crippen LogP contribution in [0.25, 0.3) is 0 Å². The minimum atomic E-state index is -2.02. The summed E-state index contributed by atoms with van der Waals surface area (Å²) >= 11 is 0. The fourth-order valence-electron chi connectivity index (χ4n) is 2.23. The predicted octanol–water partition coefficient (Wildman–Crippen LogP) is -4.38. The molecular formula is C19H35NO14. The first-order valence-electron chi connectivity index (χ1n) is 10.4. The SMILES string of the molecule is CC(NC(=O)COCCOCCOCC(=O)O)OCCOCC(=O)C(O)C(O)C(O)C(O)CO. The Labute approximate surface area is 196 Å². The van der Waals surface area contributed by atoms with Gasteiger partial charge < -0.3 is 59.6 Å². The van der Waals surface area contributed by atoms with Gasteiger partial charge in [-0.2, -0.15) is 0 Å². The molecule has 0 fully saturated rings. The van der Waals surface area contributed by atoms with Gasteiger partial charge in [0.2, 0.25) is 5.91 Å². The quantitative estimate of drug-likeness (QED) is 0.0549. The summed E-state index contributed by atoms with van der Waals surface area (Å²) in [5.74, 6) is -2.47. The van der Waals surface area contributed by atoms with Gasteiger partial charge in [-0.25, -0.2) is 4.79 Å². The van der Waals surface area contributed by atoms with Crippen LogP contribution in [-0.4, -0.2) is 145 Å². The Bertz CT molecular complexity index is 577. The van der Waals surface area contributed by atoms with E-state index >= 15 is 0 Å². The zero-order chi connectivity index (χ0) is 25.9. The van der Waals surface area contributed by atoms with Crippen LogP contribution in [0.3, 0.4) is 0 Å². The third-order valence-electron chi connectivity index (χ3n) is 3.99. The fraction of sp³-hybridized carbons (Fsp3) is 0.842. The molecule has 15 heteroatoms. The monoisotopic (exact) mass is 501 g/mol. The second kappa shape index (κ2) is 19.5. The molecule has 0 aromatic carbocycles. The lowest BCUT2D eigenvalue weighted by molar-refractivity contribution is -0.151. The fourth-order valence-corrected chi connectivity index (χ4v) is 2.23. The molecule has 0 spiro atoms. The van der Waals surface area contributed by atoms with Crippen LogP contribution in [-0.2, 0) is 38.1 Å². The molecule has 7 N–H and O–H groups in total. The Kier molecular flexibility index (Phi) is 18.5. The van der Waals surface area contributed by atoms with Crippen LogP contribution < -0.4 is 5.32 Å². The number of carboxylic acid groups (broad SMARTS) is 1. The van der Waals surface area contributed by atoms with Gasteiger partial charge in [0.25, 0.3) is 0 Å². The van der Waals surface area contributed by atoms with Gasteiger partial charge in [0, 0.05) is 0 Å². The third kappa shape index (κ3) is 15.9. The molecule has 0 aromatic rings. The van der Waals surface area contributed by atoms with E-state index in [2.05, 4.69) is 5.32 Å². The largest absolute Gasteiger partial charge is 0.480 e. The zero-order valence-corrected chi connectivity index (χ0v) is 18.9. The van der Waals surface area contributed by atoms with Crippen molar-refractivity contribution < 1.29 is 68.7 Å². The van der Waals surface area contributed by atoms with Crippen molar-refractivity contribution in [1.29, 1.82) is 0 Å². The lowest BCUT2D eigenvalue weighted by Crippen LogP contribution is -2.49. The van der Waals surface area contributed by atoms with Crippen LogP contribution in [0, 0.1) is 0 Å². The Morgan fingerprint density at radius 1 is 0.765 bits per heavy atom. The lowest BCUT2D eigenvalue weighted by Gasteiger charge is -2.24. The van der Waals surface area contributed by atoms with Gasteiger partial charge in [0.1, 0.15) is 50.5 Å². The zero-order valence-electron chi connectivity index (χ0n) is 18.9. The average molecular weight is 501 g/mol. The molecular weight excluding hydrogens is 466 g/mol. The van der Waals surface area contributed by atoms with Crippen molar-refractivity contribution >= 4 is 17.7 Å². The molecule has 0 saturated heterocycles. The highest BCUT2D eigenvalue weighted by atomic mass is 16.6. The normalized spacial score (nSPS) is 15.8. The summed E-state index contributed by atoms with van der Waals surface area (Å²) in [6, 6.07) is 0. The first-order chi connectivity index (χ1) is 16.1. The number of nitrogens with one attached hydrogen (secondary N) is 1. The van der Waals surface area contributed by atoms with E-state index < -0.39 is 68.1 Å². The highest BCUT2D eigenvalue weighted by Crippen LogP contribution is 2.06. The van der Waals surface area contributed by atoms with Crippen molar-refractivity contribution in [2.75, 3.05) is 66.1 Å². The van der Waals surface area contributed by atoms with E-state index in [1.54, 1.807) is 6.92 Å². The van der Waals surface area contributed by atoms with Crippen LogP contribution in [0.5, 0.6) is 0 Å². The number of Topliss-reactive ketones (excluding diaryl/α,β-unsaturated/α-hetero) is 1. The number of ether oxygens (including phenoxy) is 5. The highest BCUT2D eigenvalue weighted by molar-refractivity contribution is 5.84. The summed E-state index contributed by atoms with van der Waals surface area (Å²) in [7, 11) is 0. The Balaban J connectivity index is 3.77. The maximum absolute atomic E-state index is 11.7. The topological polar surface area (TPSA) is 231 Å². The van der Waals surface area contributed by atoms with Crippen LogP contribution >= 0.6 is 0 Å². The number of aliphatic hydroxyl groups is 5. The second-order valence-corrected chi connectivity index (χ2v) is 6.89. The van der Waals surface area contributed by atoms with E-state index in [1.165, 1.54) is 0 Å². The number of carbonyl (C=O) groups is 3. The minimum absolute atomic E-state index is 0.0160. The number of hydrogen-bond donors (Lipinski definition) is 7. The van der Waals surface area contributed by atoms with E-state index in [0.717, 1.165) is 0 Å². The number of hydrogen-bond acceptors (Lipinski definition) is 13. The molecule has 5 atom stereocenters. The van der Waals surface area contributed by atoms with Crippen LogP contribution in [0.4, 0.5) is 0 Å². The van der Waals surface area contributed by atoms with E-state index in [-0.39, 0.29) is 46.2 Å². The summed E-state index contributed by atoms with van der Waals surface area (Å²) < 4.78 is 25.3. The van der Waals surface area contributed by atoms with Gasteiger partial charge in [0.05, 0.1) is 46.2 Å². The minimum Gasteiger partial charge on any atom is -0.480 e. The van der Waals surface area contributed by atoms with E-state index in [9.17, 15) is 34.8 Å². The second-order valence-electron chi connectivity index (χ2n) is 6.89. The number of aliphatic hydroxyl groups excluding tert-OH is 5. The summed E-state index contributed by atoms with van der Waals surface area (Å²) in [5, 5.41) is 57.6. The van der Waals surface area contributed by atoms with Gasteiger partial charge in [-0.3, -0.25) is 9.59 Å². The van der Waals surface area contributed by atoms with Gasteiger partial charge >= 0.3 is 5.97 Å². The third-order valence-corrected chi connectivity index (χ3v) is 3.99. The number of ketones is 1. The van der Waals surface area contributed by atoms with Crippen molar-refractivity contribution in [1.82, 2.24) is 5.32 Å². The number of rotatable bonds is 22. The molecule has 200 valence electrons. The summed E-state index contributed by atoms with van der Waals surface area (Å²) in [6.45, 7) is -0.0132. The molecule has 0 saturated carbocycles. The molecule has 0 radical (unpaired) electrons. The molecule has 0 aliphatic rings. The van der Waals surface area contributed by atoms with Gasteiger partial charge in [0.15, 0.2) is 5.78 Å². The number of amides is 1. The molecule has 0 aliphatic carbocycles. The Morgan fingerprint density at radius 3 is 1.88 bits per heavy atom. The van der Waals surface area contributed by atoms with E-state index in [0.29, 0.717) is 0 Å². The van der Waals surface area contributed by atoms with Crippen molar-refractivity contribution in [2.45, 2.75) is 37.6 Å². The van der Waals surface area contributed by atoms with Crippen molar-refractivity contribution in [2.24, 2.45) is 0 Å². The van der Waals surface area contributed by atoms with E-state index in [4.69, 9.17) is 33.9 Å². The summed E-state index contributed by atoms with van der Waals surface area (Å²) in [5.41, 5.74) is 0. The Hall–Kier alpha value is -1.79. The number of carbonyl (C=O) groups excluding carboxylic acids is 2. The Morgan fingerprint density at radius 2 is 1.29 bits per heavy atom. The van der Waals surface area contributed by atoms with Gasteiger partial charge in [-0.15, -0.1) is 0 Å². The average Bonchev–Trinajstić information content (AvgIpc) is 2.80. The maximum Gasteiger partial charge on any atom is 0.329 e. The lowest BCUT2D eigenvalue weighted by atomic mass is 10.0. The molecule has 0 aromatic heterocycles. The smallest absolute Gasteiger partial charge is 0.329 e. The van der Waals surface area contributed by atoms with Crippen molar-refractivity contribution in [3.8, 4) is 0 Å². The number of aliphatic carboxylic acids is 1. The molecule has 0 aliphatic heterocycles. The predicted molar refractivity (Wildman–Crippen MR) is 111 cm³/mol. The first kappa shape index (κ1) is 32.2. The molecule has 34 heavy (non-hydrogen) atoms. The molecule has 0 heterocycles. The van der Waals surface area contributed by atoms with Crippen LogP contribution in [0.15, 0.2) is 0 Å². The molecule has 5 unspecified atom stereocenters. The van der Waals surface area contributed by atoms with Gasteiger partial charge in [-0.1, -0.05) is 0 Å². The van der Waals surface area contributed by atoms with Crippen molar-refractivity contribution in [3.63, 3.8) is 0 Å². The maximum atomic E-state index is 11.7. The van der Waals surface area contributed by atoms with Gasteiger partial charge in [-0.05, 0) is 6.92 Å². The summed E-state index contributed by atoms with van der Waals surface area (Å²) in [4.78, 5) is 33.7. The highest BCUT2D eigenvalue weighted by Gasteiger charge is 2.33. The van der Waals surface area contributed by atoms with Crippen LogP contribution in [0.1, 0.15) is 6.92 Å². The number of carboxylic acids is 1. The van der Waals surface area contributed by atoms with Crippen molar-refractivity contribution in [3.05, 3.63) is 0 Å². The molecule has 0 bridgehead atoms. The molecule has 0 rings (SSSR count). The summed E-state index contributed by atoms with van der Waals surface area (Å²) in [6.07, 6.45) is -8.36. The standard InChI is InChI=1S/C19H35NO14/c1-12(20-15(24)10-32-4-2-30-3-5-33-11-16(25)26)34-7-6-31-9-14(23)18(28)19(29)17(27)13(22)8-21/h12-13,17-19,21-22,27-29H,2-11H2,1H3,(H,20,24)(H,25,26). The van der Waals surface area contributed by atoms with E-state index in [1.807, 2.05) is 0 Å². The molecule has 1 amide bonds. The molecule has 15 nitrogen and oxygen atoms in total. The van der Waals surface area contributed by atoms with Crippen LogP contribution in [0.2, 0.25) is 0 Å². The first-order valence-corrected chi connectivity index (χ1v) is 10.4.